The average Bonchev–Trinajstić information content (AvgIpc) is 2.72. The lowest BCUT2D eigenvalue weighted by atomic mass is 10.3. The van der Waals surface area contributed by atoms with E-state index in [0.717, 1.165) is 11.3 Å². The molecule has 1 amide bonds. The fourth-order valence-electron chi connectivity index (χ4n) is 1.52. The first kappa shape index (κ1) is 11.8. The molecular weight excluding hydrogens is 238 g/mol. The van der Waals surface area contributed by atoms with Crippen LogP contribution in [0.3, 0.4) is 0 Å². The molecule has 6 heteroatoms. The number of aryl methyl sites for hydroxylation is 1. The molecule has 0 atom stereocenters. The highest BCUT2D eigenvalue weighted by atomic mass is 32.1. The van der Waals surface area contributed by atoms with Crippen LogP contribution >= 0.6 is 11.3 Å². The van der Waals surface area contributed by atoms with Crippen molar-refractivity contribution in [2.75, 3.05) is 7.05 Å². The maximum Gasteiger partial charge on any atom is 0.259 e. The van der Waals surface area contributed by atoms with Gasteiger partial charge in [0, 0.05) is 11.9 Å². The Morgan fingerprint density at radius 2 is 2.35 bits per heavy atom. The van der Waals surface area contributed by atoms with Gasteiger partial charge in [-0.05, 0) is 12.5 Å². The first-order chi connectivity index (χ1) is 8.13. The van der Waals surface area contributed by atoms with E-state index in [-0.39, 0.29) is 17.9 Å². The molecule has 0 aliphatic carbocycles. The summed E-state index contributed by atoms with van der Waals surface area (Å²) in [5.41, 5.74) is -0.176. The molecule has 0 saturated heterocycles. The molecule has 2 N–H and O–H groups in total. The van der Waals surface area contributed by atoms with Crippen molar-refractivity contribution >= 4 is 27.5 Å². The van der Waals surface area contributed by atoms with Crippen LogP contribution in [0, 0.1) is 0 Å². The van der Waals surface area contributed by atoms with Gasteiger partial charge in [0.1, 0.15) is 10.7 Å². The van der Waals surface area contributed by atoms with Gasteiger partial charge in [0.25, 0.3) is 5.56 Å². The van der Waals surface area contributed by atoms with E-state index < -0.39 is 0 Å². The van der Waals surface area contributed by atoms with Gasteiger partial charge in [-0.2, -0.15) is 0 Å². The fourth-order valence-corrected chi connectivity index (χ4v) is 2.51. The molecule has 0 spiro atoms. The molecule has 2 heterocycles. The van der Waals surface area contributed by atoms with Crippen LogP contribution in [0.5, 0.6) is 0 Å². The summed E-state index contributed by atoms with van der Waals surface area (Å²) in [7, 11) is 1.55. The number of thiophene rings is 1. The van der Waals surface area contributed by atoms with Crippen molar-refractivity contribution in [2.45, 2.75) is 19.8 Å². The molecule has 2 aromatic heterocycles. The largest absolute Gasteiger partial charge is 0.359 e. The van der Waals surface area contributed by atoms with Gasteiger partial charge in [0.2, 0.25) is 5.91 Å². The molecule has 0 aliphatic heterocycles. The predicted octanol–water partition coefficient (Wildman–Crippen LogP) is 0.835. The number of carbonyl (C=O) groups is 1. The number of likely N-dealkylation sites (N-methyl/N-ethyl adjacent to an activating group) is 1. The van der Waals surface area contributed by atoms with Crippen molar-refractivity contribution < 1.29 is 4.79 Å². The number of nitrogens with one attached hydrogen (secondary N) is 2. The Kier molecular flexibility index (Phi) is 3.23. The minimum atomic E-state index is -0.176. The SMILES string of the molecule is CCc1cc2c(=O)[nH]c(CC(=O)NC)nc2s1. The van der Waals surface area contributed by atoms with Crippen molar-refractivity contribution in [3.05, 3.63) is 27.1 Å². The lowest BCUT2D eigenvalue weighted by Gasteiger charge is -1.99. The zero-order valence-electron chi connectivity index (χ0n) is 9.66. The summed E-state index contributed by atoms with van der Waals surface area (Å²) >= 11 is 1.50. The summed E-state index contributed by atoms with van der Waals surface area (Å²) in [4.78, 5) is 31.7. The van der Waals surface area contributed by atoms with Crippen LogP contribution in [0.1, 0.15) is 17.6 Å². The van der Waals surface area contributed by atoms with Crippen LogP contribution in [0.25, 0.3) is 10.2 Å². The third kappa shape index (κ3) is 2.36. The van der Waals surface area contributed by atoms with Crippen LogP contribution in [-0.4, -0.2) is 22.9 Å². The zero-order chi connectivity index (χ0) is 12.4. The van der Waals surface area contributed by atoms with Gasteiger partial charge in [-0.1, -0.05) is 6.92 Å². The lowest BCUT2D eigenvalue weighted by molar-refractivity contribution is -0.120. The maximum absolute atomic E-state index is 11.8. The van der Waals surface area contributed by atoms with E-state index in [1.54, 1.807) is 7.05 Å². The lowest BCUT2D eigenvalue weighted by Crippen LogP contribution is -2.23. The van der Waals surface area contributed by atoms with Crippen LogP contribution in [0.2, 0.25) is 0 Å². The average molecular weight is 251 g/mol. The number of hydrogen-bond donors (Lipinski definition) is 2. The second-order valence-electron chi connectivity index (χ2n) is 3.65. The van der Waals surface area contributed by atoms with Crippen molar-refractivity contribution in [3.63, 3.8) is 0 Å². The van der Waals surface area contributed by atoms with Gasteiger partial charge >= 0.3 is 0 Å². The molecule has 0 radical (unpaired) electrons. The minimum absolute atomic E-state index is 0.0983. The number of H-pyrrole nitrogens is 1. The molecular formula is C11H13N3O2S. The van der Waals surface area contributed by atoms with E-state index in [1.807, 2.05) is 13.0 Å². The van der Waals surface area contributed by atoms with E-state index in [2.05, 4.69) is 15.3 Å². The third-order valence-corrected chi connectivity index (χ3v) is 3.63. The molecule has 2 aromatic rings. The van der Waals surface area contributed by atoms with E-state index in [0.29, 0.717) is 16.0 Å². The first-order valence-electron chi connectivity index (χ1n) is 5.36. The van der Waals surface area contributed by atoms with Crippen molar-refractivity contribution in [1.82, 2.24) is 15.3 Å². The Labute approximate surface area is 102 Å². The molecule has 0 bridgehead atoms. The normalized spacial score (nSPS) is 10.7. The molecule has 2 rings (SSSR count). The summed E-state index contributed by atoms with van der Waals surface area (Å²) in [6.45, 7) is 2.03. The van der Waals surface area contributed by atoms with Crippen LogP contribution in [-0.2, 0) is 17.6 Å². The summed E-state index contributed by atoms with van der Waals surface area (Å²) < 4.78 is 0. The second-order valence-corrected chi connectivity index (χ2v) is 4.76. The number of amides is 1. The summed E-state index contributed by atoms with van der Waals surface area (Å²) in [5.74, 6) is 0.242. The summed E-state index contributed by atoms with van der Waals surface area (Å²) in [6.07, 6.45) is 0.978. The highest BCUT2D eigenvalue weighted by molar-refractivity contribution is 7.18. The van der Waals surface area contributed by atoms with Gasteiger partial charge in [0.05, 0.1) is 11.8 Å². The number of hydrogen-bond acceptors (Lipinski definition) is 4. The molecule has 17 heavy (non-hydrogen) atoms. The molecule has 0 unspecified atom stereocenters. The Morgan fingerprint density at radius 3 is 3.00 bits per heavy atom. The van der Waals surface area contributed by atoms with Crippen molar-refractivity contribution in [1.29, 1.82) is 0 Å². The Hall–Kier alpha value is -1.69. The summed E-state index contributed by atoms with van der Waals surface area (Å²) in [6, 6.07) is 1.86. The van der Waals surface area contributed by atoms with Gasteiger partial charge in [0.15, 0.2) is 0 Å². The standard InChI is InChI=1S/C11H13N3O2S/c1-3-6-4-7-10(16)13-8(5-9(15)12-2)14-11(7)17-6/h4H,3,5H2,1-2H3,(H,12,15)(H,13,14,16). The quantitative estimate of drug-likeness (QED) is 0.848. The number of fused-ring (bicyclic) bond motifs is 1. The number of aromatic amines is 1. The number of nitrogens with zero attached hydrogens (tertiary/aromatic N) is 1. The van der Waals surface area contributed by atoms with E-state index in [9.17, 15) is 9.59 Å². The second kappa shape index (κ2) is 4.67. The molecule has 0 saturated carbocycles. The van der Waals surface area contributed by atoms with Crippen molar-refractivity contribution in [3.8, 4) is 0 Å². The Balaban J connectivity index is 2.47. The third-order valence-electron chi connectivity index (χ3n) is 2.46. The number of rotatable bonds is 3. The highest BCUT2D eigenvalue weighted by Gasteiger charge is 2.10. The fraction of sp³-hybridized carbons (Fsp3) is 0.364. The van der Waals surface area contributed by atoms with E-state index in [4.69, 9.17) is 0 Å². The van der Waals surface area contributed by atoms with Gasteiger partial charge in [-0.25, -0.2) is 4.98 Å². The van der Waals surface area contributed by atoms with Crippen LogP contribution in [0.4, 0.5) is 0 Å². The number of aromatic nitrogens is 2. The zero-order valence-corrected chi connectivity index (χ0v) is 10.5. The van der Waals surface area contributed by atoms with Crippen LogP contribution in [0.15, 0.2) is 10.9 Å². The molecule has 0 fully saturated rings. The Morgan fingerprint density at radius 1 is 1.59 bits per heavy atom. The van der Waals surface area contributed by atoms with Crippen molar-refractivity contribution in [2.24, 2.45) is 0 Å². The minimum Gasteiger partial charge on any atom is -0.359 e. The highest BCUT2D eigenvalue weighted by Crippen LogP contribution is 2.21. The number of carbonyl (C=O) groups excluding carboxylic acids is 1. The Bertz CT molecular complexity index is 615. The first-order valence-corrected chi connectivity index (χ1v) is 6.18. The summed E-state index contributed by atoms with van der Waals surface area (Å²) in [5, 5.41) is 3.10. The smallest absolute Gasteiger partial charge is 0.259 e. The maximum atomic E-state index is 11.8. The van der Waals surface area contributed by atoms with Gasteiger partial charge in [-0.3, -0.25) is 9.59 Å². The molecule has 90 valence electrons. The molecule has 5 nitrogen and oxygen atoms in total. The van der Waals surface area contributed by atoms with E-state index in [1.165, 1.54) is 11.3 Å². The predicted molar refractivity (Wildman–Crippen MR) is 67.4 cm³/mol. The van der Waals surface area contributed by atoms with Crippen LogP contribution < -0.4 is 10.9 Å². The monoisotopic (exact) mass is 251 g/mol. The molecule has 0 aliphatic rings. The van der Waals surface area contributed by atoms with Gasteiger partial charge < -0.3 is 10.3 Å². The van der Waals surface area contributed by atoms with Gasteiger partial charge in [-0.15, -0.1) is 11.3 Å². The molecule has 0 aromatic carbocycles. The van der Waals surface area contributed by atoms with E-state index >= 15 is 0 Å². The topological polar surface area (TPSA) is 74.8 Å².